The molecule has 4 heteroatoms. The number of benzene rings is 2. The van der Waals surface area contributed by atoms with Gasteiger partial charge >= 0.3 is 0 Å². The van der Waals surface area contributed by atoms with Gasteiger partial charge in [0.1, 0.15) is 5.82 Å². The molecule has 0 N–H and O–H groups in total. The second-order valence-corrected chi connectivity index (χ2v) is 7.52. The van der Waals surface area contributed by atoms with Crippen molar-refractivity contribution in [2.24, 2.45) is 0 Å². The van der Waals surface area contributed by atoms with Gasteiger partial charge in [0.15, 0.2) is 0 Å². The standard InChI is InChI=1S/C22H25FN2O/c1-15-7-9-20-18(13-15)19-14-17(23)8-10-21(19)25(20)12-4-11-24-16(2)5-3-6-22(24)26/h7-10,13-14,16H,3-6,11-12H2,1-2H3/t16-/m0/s1. The van der Waals surface area contributed by atoms with Crippen molar-refractivity contribution in [2.75, 3.05) is 6.54 Å². The lowest BCUT2D eigenvalue weighted by molar-refractivity contribution is -0.135. The Hall–Kier alpha value is -2.36. The number of piperidine rings is 1. The van der Waals surface area contributed by atoms with E-state index in [9.17, 15) is 9.18 Å². The van der Waals surface area contributed by atoms with Crippen LogP contribution in [0.3, 0.4) is 0 Å². The third kappa shape index (κ3) is 2.98. The molecular formula is C22H25FN2O. The minimum Gasteiger partial charge on any atom is -0.340 e. The minimum atomic E-state index is -0.203. The number of halogens is 1. The highest BCUT2D eigenvalue weighted by Crippen LogP contribution is 2.30. The molecule has 1 saturated heterocycles. The first-order valence-corrected chi connectivity index (χ1v) is 9.52. The van der Waals surface area contributed by atoms with Crippen molar-refractivity contribution in [3.8, 4) is 0 Å². The average Bonchev–Trinajstić information content (AvgIpc) is 2.90. The van der Waals surface area contributed by atoms with Gasteiger partial charge in [-0.15, -0.1) is 0 Å². The fourth-order valence-corrected chi connectivity index (χ4v) is 4.27. The zero-order chi connectivity index (χ0) is 18.3. The van der Waals surface area contributed by atoms with E-state index >= 15 is 0 Å². The van der Waals surface area contributed by atoms with E-state index in [1.165, 1.54) is 11.6 Å². The van der Waals surface area contributed by atoms with E-state index < -0.39 is 0 Å². The van der Waals surface area contributed by atoms with E-state index in [4.69, 9.17) is 0 Å². The summed E-state index contributed by atoms with van der Waals surface area (Å²) < 4.78 is 16.1. The summed E-state index contributed by atoms with van der Waals surface area (Å²) in [6, 6.07) is 11.7. The number of nitrogens with zero attached hydrogens (tertiary/aromatic N) is 2. The summed E-state index contributed by atoms with van der Waals surface area (Å²) >= 11 is 0. The molecule has 1 fully saturated rings. The Labute approximate surface area is 153 Å². The van der Waals surface area contributed by atoms with Crippen molar-refractivity contribution >= 4 is 27.7 Å². The number of fused-ring (bicyclic) bond motifs is 3. The van der Waals surface area contributed by atoms with E-state index in [-0.39, 0.29) is 11.7 Å². The van der Waals surface area contributed by atoms with Crippen LogP contribution in [-0.4, -0.2) is 28.0 Å². The smallest absolute Gasteiger partial charge is 0.222 e. The number of carbonyl (C=O) groups is 1. The van der Waals surface area contributed by atoms with Crippen molar-refractivity contribution in [2.45, 2.75) is 52.1 Å². The Morgan fingerprint density at radius 3 is 2.58 bits per heavy atom. The highest BCUT2D eigenvalue weighted by Gasteiger charge is 2.24. The molecule has 26 heavy (non-hydrogen) atoms. The summed E-state index contributed by atoms with van der Waals surface area (Å²) in [6.07, 6.45) is 3.69. The monoisotopic (exact) mass is 352 g/mol. The summed E-state index contributed by atoms with van der Waals surface area (Å²) in [7, 11) is 0. The molecule has 0 unspecified atom stereocenters. The van der Waals surface area contributed by atoms with E-state index in [0.29, 0.717) is 12.5 Å². The van der Waals surface area contributed by atoms with Crippen LogP contribution in [0.4, 0.5) is 4.39 Å². The summed E-state index contributed by atoms with van der Waals surface area (Å²) in [4.78, 5) is 14.2. The number of aryl methyl sites for hydroxylation is 2. The topological polar surface area (TPSA) is 25.2 Å². The van der Waals surface area contributed by atoms with Crippen LogP contribution in [0.2, 0.25) is 0 Å². The predicted octanol–water partition coefficient (Wildman–Crippen LogP) is 5.03. The molecule has 1 aromatic heterocycles. The van der Waals surface area contributed by atoms with E-state index in [0.717, 1.165) is 54.2 Å². The van der Waals surface area contributed by atoms with Gasteiger partial charge in [0.2, 0.25) is 5.91 Å². The van der Waals surface area contributed by atoms with E-state index in [1.54, 1.807) is 6.07 Å². The highest BCUT2D eigenvalue weighted by molar-refractivity contribution is 6.08. The van der Waals surface area contributed by atoms with Crippen LogP contribution < -0.4 is 0 Å². The highest BCUT2D eigenvalue weighted by atomic mass is 19.1. The van der Waals surface area contributed by atoms with Crippen LogP contribution >= 0.6 is 0 Å². The van der Waals surface area contributed by atoms with Gasteiger partial charge in [-0.3, -0.25) is 4.79 Å². The van der Waals surface area contributed by atoms with Gasteiger partial charge in [-0.25, -0.2) is 4.39 Å². The van der Waals surface area contributed by atoms with E-state index in [1.807, 2.05) is 11.0 Å². The second-order valence-electron chi connectivity index (χ2n) is 7.52. The molecule has 0 aliphatic carbocycles. The van der Waals surface area contributed by atoms with Crippen molar-refractivity contribution in [3.63, 3.8) is 0 Å². The molecule has 0 spiro atoms. The average molecular weight is 352 g/mol. The van der Waals surface area contributed by atoms with Gasteiger partial charge in [-0.1, -0.05) is 11.6 Å². The number of aromatic nitrogens is 1. The molecular weight excluding hydrogens is 327 g/mol. The molecule has 136 valence electrons. The number of likely N-dealkylation sites (tertiary alicyclic amines) is 1. The van der Waals surface area contributed by atoms with Gasteiger partial charge in [0.05, 0.1) is 0 Å². The van der Waals surface area contributed by atoms with Gasteiger partial charge < -0.3 is 9.47 Å². The molecule has 0 radical (unpaired) electrons. The Kier molecular flexibility index (Phi) is 4.43. The molecule has 2 aromatic carbocycles. The molecule has 0 saturated carbocycles. The van der Waals surface area contributed by atoms with Crippen molar-refractivity contribution in [1.29, 1.82) is 0 Å². The fourth-order valence-electron chi connectivity index (χ4n) is 4.27. The number of rotatable bonds is 4. The quantitative estimate of drug-likeness (QED) is 0.646. The first-order valence-electron chi connectivity index (χ1n) is 9.52. The molecule has 1 aliphatic heterocycles. The maximum atomic E-state index is 13.8. The molecule has 3 nitrogen and oxygen atoms in total. The SMILES string of the molecule is Cc1ccc2c(c1)c1cc(F)ccc1n2CCCN1C(=O)CCC[C@@H]1C. The van der Waals surface area contributed by atoms with Crippen LogP contribution in [-0.2, 0) is 11.3 Å². The van der Waals surface area contributed by atoms with Gasteiger partial charge in [-0.05, 0) is 63.4 Å². The first kappa shape index (κ1) is 17.1. The van der Waals surface area contributed by atoms with Crippen LogP contribution in [0.5, 0.6) is 0 Å². The first-order chi connectivity index (χ1) is 12.5. The second kappa shape index (κ2) is 6.75. The number of carbonyl (C=O) groups excluding carboxylic acids is 1. The van der Waals surface area contributed by atoms with Crippen LogP contribution in [0, 0.1) is 12.7 Å². The molecule has 3 aromatic rings. The normalized spacial score (nSPS) is 18.2. The van der Waals surface area contributed by atoms with Crippen molar-refractivity contribution in [3.05, 3.63) is 47.8 Å². The number of hydrogen-bond donors (Lipinski definition) is 0. The lowest BCUT2D eigenvalue weighted by Crippen LogP contribution is -2.42. The third-order valence-electron chi connectivity index (χ3n) is 5.63. The van der Waals surface area contributed by atoms with Crippen LogP contribution in [0.1, 0.15) is 38.2 Å². The van der Waals surface area contributed by atoms with Crippen LogP contribution in [0.25, 0.3) is 21.8 Å². The Morgan fingerprint density at radius 1 is 1.08 bits per heavy atom. The molecule has 1 aliphatic rings. The zero-order valence-corrected chi connectivity index (χ0v) is 15.5. The predicted molar refractivity (Wildman–Crippen MR) is 104 cm³/mol. The van der Waals surface area contributed by atoms with Crippen molar-refractivity contribution < 1.29 is 9.18 Å². The maximum Gasteiger partial charge on any atom is 0.222 e. The summed E-state index contributed by atoms with van der Waals surface area (Å²) in [5.41, 5.74) is 3.37. The minimum absolute atomic E-state index is 0.203. The Morgan fingerprint density at radius 2 is 1.81 bits per heavy atom. The van der Waals surface area contributed by atoms with Gasteiger partial charge in [0.25, 0.3) is 0 Å². The molecule has 1 atom stereocenters. The van der Waals surface area contributed by atoms with E-state index in [2.05, 4.69) is 36.6 Å². The van der Waals surface area contributed by atoms with Gasteiger partial charge in [-0.2, -0.15) is 0 Å². The summed E-state index contributed by atoms with van der Waals surface area (Å²) in [5, 5.41) is 2.06. The zero-order valence-electron chi connectivity index (χ0n) is 15.5. The molecule has 1 amide bonds. The Bertz CT molecular complexity index is 916. The summed E-state index contributed by atoms with van der Waals surface area (Å²) in [6.45, 7) is 5.81. The molecule has 0 bridgehead atoms. The lowest BCUT2D eigenvalue weighted by Gasteiger charge is -2.33. The molecule has 2 heterocycles. The fraction of sp³-hybridized carbons (Fsp3) is 0.409. The van der Waals surface area contributed by atoms with Crippen molar-refractivity contribution in [1.82, 2.24) is 9.47 Å². The van der Waals surface area contributed by atoms with Crippen LogP contribution in [0.15, 0.2) is 36.4 Å². The third-order valence-corrected chi connectivity index (χ3v) is 5.63. The lowest BCUT2D eigenvalue weighted by atomic mass is 10.0. The molecule has 4 rings (SSSR count). The maximum absolute atomic E-state index is 13.8. The number of hydrogen-bond acceptors (Lipinski definition) is 1. The summed E-state index contributed by atoms with van der Waals surface area (Å²) in [5.74, 6) is 0.0782. The largest absolute Gasteiger partial charge is 0.340 e. The number of amides is 1. The Balaban J connectivity index is 1.64. The van der Waals surface area contributed by atoms with Gasteiger partial charge in [0, 0.05) is 47.4 Å².